The number of carbonyl (C=O) groups excluding carboxylic acids is 2. The van der Waals surface area contributed by atoms with E-state index in [1.165, 1.54) is 26.2 Å². The third kappa shape index (κ3) is 0.845. The summed E-state index contributed by atoms with van der Waals surface area (Å²) in [5.41, 5.74) is 0.428. The van der Waals surface area contributed by atoms with E-state index in [2.05, 4.69) is 6.08 Å². The van der Waals surface area contributed by atoms with Gasteiger partial charge in [-0.3, -0.25) is 9.59 Å². The Morgan fingerprint density at radius 2 is 1.95 bits per heavy atom. The molecular formula is C16H18O4. The first-order valence-electron chi connectivity index (χ1n) is 7.48. The minimum Gasteiger partial charge on any atom is -0.468 e. The van der Waals surface area contributed by atoms with E-state index in [4.69, 9.17) is 9.47 Å². The van der Waals surface area contributed by atoms with Crippen LogP contribution >= 0.6 is 0 Å². The van der Waals surface area contributed by atoms with E-state index in [9.17, 15) is 9.59 Å². The normalized spacial score (nSPS) is 50.7. The molecule has 6 aliphatic rings. The first-order valence-corrected chi connectivity index (χ1v) is 7.48. The molecule has 0 N–H and O–H groups in total. The molecule has 0 aromatic carbocycles. The summed E-state index contributed by atoms with van der Waals surface area (Å²) < 4.78 is 9.92. The van der Waals surface area contributed by atoms with Crippen molar-refractivity contribution in [1.82, 2.24) is 0 Å². The van der Waals surface area contributed by atoms with Gasteiger partial charge in [-0.05, 0) is 54.3 Å². The van der Waals surface area contributed by atoms with Gasteiger partial charge in [0.1, 0.15) is 0 Å². The summed E-state index contributed by atoms with van der Waals surface area (Å²) in [6.45, 7) is 0. The van der Waals surface area contributed by atoms with Crippen molar-refractivity contribution in [3.05, 3.63) is 11.6 Å². The fourth-order valence-corrected chi connectivity index (χ4v) is 6.78. The first kappa shape index (κ1) is 11.4. The molecule has 20 heavy (non-hydrogen) atoms. The summed E-state index contributed by atoms with van der Waals surface area (Å²) in [6, 6.07) is 0. The molecule has 0 aromatic rings. The third-order valence-corrected chi connectivity index (χ3v) is 7.15. The summed E-state index contributed by atoms with van der Waals surface area (Å²) in [4.78, 5) is 24.7. The van der Waals surface area contributed by atoms with Crippen molar-refractivity contribution in [3.8, 4) is 0 Å². The Balaban J connectivity index is 1.63. The molecule has 1 spiro atoms. The topological polar surface area (TPSA) is 52.6 Å². The predicted molar refractivity (Wildman–Crippen MR) is 68.3 cm³/mol. The maximum atomic E-state index is 12.3. The second-order valence-corrected chi connectivity index (χ2v) is 7.34. The Hall–Kier alpha value is -1.32. The van der Waals surface area contributed by atoms with Gasteiger partial charge >= 0.3 is 11.9 Å². The summed E-state index contributed by atoms with van der Waals surface area (Å²) in [5.74, 6) is 3.08. The molecule has 0 heterocycles. The number of hydrogen-bond donors (Lipinski definition) is 0. The van der Waals surface area contributed by atoms with Gasteiger partial charge in [-0.1, -0.05) is 11.6 Å². The standard InChI is InChI=1S/C16H18O4/c1-19-13(17)15(14(18)20-2)5-7-3-8-10-4-9-11(8)12(9)16(7,10)6-15/h3,8-12H,4-6H2,1-2H3/t8-,9+,10-,11-,12+,16+/m0/s1. The van der Waals surface area contributed by atoms with Gasteiger partial charge in [0.15, 0.2) is 5.41 Å². The van der Waals surface area contributed by atoms with E-state index in [1.807, 2.05) is 0 Å². The highest BCUT2D eigenvalue weighted by Crippen LogP contribution is 2.89. The van der Waals surface area contributed by atoms with E-state index in [1.54, 1.807) is 0 Å². The van der Waals surface area contributed by atoms with E-state index in [0.29, 0.717) is 18.8 Å². The van der Waals surface area contributed by atoms with Gasteiger partial charge in [0, 0.05) is 0 Å². The molecule has 0 aromatic heterocycles. The lowest BCUT2D eigenvalue weighted by molar-refractivity contribution is -0.169. The molecule has 6 atom stereocenters. The highest BCUT2D eigenvalue weighted by atomic mass is 16.5. The summed E-state index contributed by atoms with van der Waals surface area (Å²) in [7, 11) is 2.73. The van der Waals surface area contributed by atoms with Crippen LogP contribution in [-0.4, -0.2) is 26.2 Å². The number of hydrogen-bond acceptors (Lipinski definition) is 4. The van der Waals surface area contributed by atoms with Crippen LogP contribution in [0.25, 0.3) is 0 Å². The van der Waals surface area contributed by atoms with Gasteiger partial charge in [-0.25, -0.2) is 0 Å². The fraction of sp³-hybridized carbons (Fsp3) is 0.750. The minimum atomic E-state index is -1.08. The van der Waals surface area contributed by atoms with Gasteiger partial charge in [-0.15, -0.1) is 0 Å². The van der Waals surface area contributed by atoms with Gasteiger partial charge in [-0.2, -0.15) is 0 Å². The molecule has 4 heteroatoms. The summed E-state index contributed by atoms with van der Waals surface area (Å²) in [5, 5.41) is 0. The van der Waals surface area contributed by atoms with Gasteiger partial charge in [0.05, 0.1) is 14.2 Å². The van der Waals surface area contributed by atoms with Gasteiger partial charge < -0.3 is 9.47 Å². The van der Waals surface area contributed by atoms with Crippen LogP contribution in [0.3, 0.4) is 0 Å². The fourth-order valence-electron chi connectivity index (χ4n) is 6.78. The molecule has 5 fully saturated rings. The van der Waals surface area contributed by atoms with E-state index in [-0.39, 0.29) is 5.41 Å². The molecule has 6 aliphatic carbocycles. The van der Waals surface area contributed by atoms with Crippen LogP contribution in [-0.2, 0) is 19.1 Å². The molecule has 6 bridgehead atoms. The largest absolute Gasteiger partial charge is 0.468 e. The zero-order valence-electron chi connectivity index (χ0n) is 11.7. The van der Waals surface area contributed by atoms with Crippen LogP contribution in [0.15, 0.2) is 11.6 Å². The van der Waals surface area contributed by atoms with Crippen molar-refractivity contribution in [1.29, 1.82) is 0 Å². The van der Waals surface area contributed by atoms with E-state index >= 15 is 0 Å². The van der Waals surface area contributed by atoms with Crippen molar-refractivity contribution in [2.24, 2.45) is 40.4 Å². The second-order valence-electron chi connectivity index (χ2n) is 7.34. The zero-order valence-corrected chi connectivity index (χ0v) is 11.7. The lowest BCUT2D eigenvalue weighted by atomic mass is 9.73. The number of ether oxygens (including phenoxy) is 2. The average Bonchev–Trinajstić information content (AvgIpc) is 2.83. The van der Waals surface area contributed by atoms with Gasteiger partial charge in [0.25, 0.3) is 0 Å². The Morgan fingerprint density at radius 1 is 1.25 bits per heavy atom. The number of rotatable bonds is 2. The SMILES string of the molecule is COC(=O)C1(C(=O)OC)CC2=C[C@@H]3[C@H]4[C@H]5C[C@@H]3[C@]2(C1)[C@H]54. The van der Waals surface area contributed by atoms with Gasteiger partial charge in [0.2, 0.25) is 0 Å². The van der Waals surface area contributed by atoms with E-state index < -0.39 is 17.4 Å². The Morgan fingerprint density at radius 3 is 2.50 bits per heavy atom. The highest BCUT2D eigenvalue weighted by molar-refractivity contribution is 6.01. The number of methoxy groups -OCH3 is 2. The molecule has 0 saturated heterocycles. The Labute approximate surface area is 117 Å². The third-order valence-electron chi connectivity index (χ3n) is 7.15. The molecule has 0 radical (unpaired) electrons. The molecular weight excluding hydrogens is 256 g/mol. The molecule has 106 valence electrons. The molecule has 6 rings (SSSR count). The lowest BCUT2D eigenvalue weighted by Crippen LogP contribution is -2.40. The average molecular weight is 274 g/mol. The van der Waals surface area contributed by atoms with Crippen molar-refractivity contribution < 1.29 is 19.1 Å². The number of allylic oxidation sites excluding steroid dienone is 2. The van der Waals surface area contributed by atoms with Crippen LogP contribution in [0.5, 0.6) is 0 Å². The van der Waals surface area contributed by atoms with Crippen molar-refractivity contribution >= 4 is 11.9 Å². The Kier molecular flexibility index (Phi) is 1.69. The molecule has 0 amide bonds. The molecule has 5 saturated carbocycles. The zero-order chi connectivity index (χ0) is 13.9. The smallest absolute Gasteiger partial charge is 0.323 e. The van der Waals surface area contributed by atoms with Crippen LogP contribution in [0.4, 0.5) is 0 Å². The monoisotopic (exact) mass is 274 g/mol. The maximum Gasteiger partial charge on any atom is 0.323 e. The van der Waals surface area contributed by atoms with Crippen LogP contribution in [0.2, 0.25) is 0 Å². The summed E-state index contributed by atoms with van der Waals surface area (Å²) in [6.07, 6.45) is 4.85. The van der Waals surface area contributed by atoms with Crippen molar-refractivity contribution in [3.63, 3.8) is 0 Å². The van der Waals surface area contributed by atoms with Crippen LogP contribution < -0.4 is 0 Å². The molecule has 4 nitrogen and oxygen atoms in total. The number of esters is 2. The molecule has 0 aliphatic heterocycles. The molecule has 0 unspecified atom stereocenters. The Bertz CT molecular complexity index is 575. The minimum absolute atomic E-state index is 0.141. The highest BCUT2D eigenvalue weighted by Gasteiger charge is 2.85. The van der Waals surface area contributed by atoms with E-state index in [0.717, 1.165) is 23.7 Å². The number of carbonyl (C=O) groups is 2. The van der Waals surface area contributed by atoms with Crippen LogP contribution in [0, 0.1) is 40.4 Å². The maximum absolute atomic E-state index is 12.3. The van der Waals surface area contributed by atoms with Crippen molar-refractivity contribution in [2.45, 2.75) is 19.3 Å². The summed E-state index contributed by atoms with van der Waals surface area (Å²) >= 11 is 0. The first-order chi connectivity index (χ1) is 9.60. The van der Waals surface area contributed by atoms with Crippen LogP contribution in [0.1, 0.15) is 19.3 Å². The lowest BCUT2D eigenvalue weighted by Gasteiger charge is -2.30. The van der Waals surface area contributed by atoms with Crippen molar-refractivity contribution in [2.75, 3.05) is 14.2 Å². The quantitative estimate of drug-likeness (QED) is 0.435. The predicted octanol–water partition coefficient (Wildman–Crippen LogP) is 1.55. The second kappa shape index (κ2) is 2.97.